The van der Waals surface area contributed by atoms with E-state index in [2.05, 4.69) is 43.8 Å². The van der Waals surface area contributed by atoms with E-state index < -0.39 is 0 Å². The second kappa shape index (κ2) is 6.43. The fourth-order valence-electron chi connectivity index (χ4n) is 1.46. The van der Waals surface area contributed by atoms with E-state index in [4.69, 9.17) is 23.2 Å². The highest BCUT2D eigenvalue weighted by atomic mass is 127. The Labute approximate surface area is 142 Å². The lowest BCUT2D eigenvalue weighted by Gasteiger charge is -2.09. The highest BCUT2D eigenvalue weighted by Crippen LogP contribution is 2.26. The molecule has 0 aliphatic rings. The summed E-state index contributed by atoms with van der Waals surface area (Å²) in [6.07, 6.45) is 0. The molecule has 0 atom stereocenters. The van der Waals surface area contributed by atoms with Crippen LogP contribution in [0.2, 0.25) is 10.0 Å². The lowest BCUT2D eigenvalue weighted by atomic mass is 10.2. The van der Waals surface area contributed by atoms with Crippen molar-refractivity contribution >= 4 is 73.3 Å². The van der Waals surface area contributed by atoms with Gasteiger partial charge in [-0.15, -0.1) is 0 Å². The van der Waals surface area contributed by atoms with Gasteiger partial charge in [-0.3, -0.25) is 4.79 Å². The van der Waals surface area contributed by atoms with Gasteiger partial charge in [-0.2, -0.15) is 0 Å². The first-order valence-electron chi connectivity index (χ1n) is 5.19. The van der Waals surface area contributed by atoms with Crippen molar-refractivity contribution in [2.45, 2.75) is 0 Å². The highest BCUT2D eigenvalue weighted by Gasteiger charge is 2.12. The molecule has 0 heterocycles. The van der Waals surface area contributed by atoms with E-state index >= 15 is 0 Å². The number of hydrogen-bond donors (Lipinski definition) is 1. The quantitative estimate of drug-likeness (QED) is 0.568. The van der Waals surface area contributed by atoms with Gasteiger partial charge < -0.3 is 5.32 Å². The molecule has 0 saturated heterocycles. The minimum absolute atomic E-state index is 0.290. The number of halogens is 4. The summed E-state index contributed by atoms with van der Waals surface area (Å²) >= 11 is 17.5. The van der Waals surface area contributed by atoms with Gasteiger partial charge in [-0.05, 0) is 59.0 Å². The largest absolute Gasteiger partial charge is 0.321 e. The summed E-state index contributed by atoms with van der Waals surface area (Å²) in [5.41, 5.74) is 0.970. The van der Waals surface area contributed by atoms with Crippen molar-refractivity contribution in [3.05, 3.63) is 60.0 Å². The highest BCUT2D eigenvalue weighted by molar-refractivity contribution is 14.1. The van der Waals surface area contributed by atoms with Crippen molar-refractivity contribution in [3.8, 4) is 0 Å². The molecule has 0 aliphatic carbocycles. The summed E-state index contributed by atoms with van der Waals surface area (Å²) in [7, 11) is 0. The Balaban J connectivity index is 2.28. The molecule has 2 rings (SSSR count). The predicted molar refractivity (Wildman–Crippen MR) is 91.3 cm³/mol. The van der Waals surface area contributed by atoms with Crippen molar-refractivity contribution in [3.63, 3.8) is 0 Å². The minimum Gasteiger partial charge on any atom is -0.321 e. The first-order chi connectivity index (χ1) is 8.97. The molecule has 0 radical (unpaired) electrons. The summed E-state index contributed by atoms with van der Waals surface area (Å²) in [4.78, 5) is 12.1. The van der Waals surface area contributed by atoms with Crippen molar-refractivity contribution < 1.29 is 4.79 Å². The van der Waals surface area contributed by atoms with Crippen LogP contribution in [0.1, 0.15) is 10.4 Å². The fraction of sp³-hybridized carbons (Fsp3) is 0. The van der Waals surface area contributed by atoms with E-state index in [0.717, 1.165) is 8.04 Å². The molecule has 0 aromatic heterocycles. The molecule has 1 N–H and O–H groups in total. The zero-order valence-electron chi connectivity index (χ0n) is 9.38. The van der Waals surface area contributed by atoms with Crippen LogP contribution < -0.4 is 5.32 Å². The lowest BCUT2D eigenvalue weighted by molar-refractivity contribution is 0.102. The number of amides is 1. The van der Waals surface area contributed by atoms with Crippen LogP contribution in [0, 0.1) is 3.57 Å². The molecule has 6 heteroatoms. The molecule has 0 aliphatic heterocycles. The van der Waals surface area contributed by atoms with Gasteiger partial charge >= 0.3 is 0 Å². The summed E-state index contributed by atoms with van der Waals surface area (Å²) in [6, 6.07) is 10.5. The number of benzene rings is 2. The first kappa shape index (κ1) is 15.1. The monoisotopic (exact) mass is 469 g/mol. The molecular weight excluding hydrogens is 464 g/mol. The van der Waals surface area contributed by atoms with Crippen LogP contribution in [0.3, 0.4) is 0 Å². The number of carbonyl (C=O) groups excluding carboxylic acids is 1. The maximum atomic E-state index is 12.1. The van der Waals surface area contributed by atoms with Gasteiger partial charge in [0.05, 0.1) is 21.3 Å². The van der Waals surface area contributed by atoms with E-state index in [1.807, 2.05) is 6.07 Å². The van der Waals surface area contributed by atoms with E-state index in [1.54, 1.807) is 30.3 Å². The van der Waals surface area contributed by atoms with E-state index in [-0.39, 0.29) is 5.91 Å². The molecule has 2 aromatic rings. The summed E-state index contributed by atoms with van der Waals surface area (Å²) in [6.45, 7) is 0. The van der Waals surface area contributed by atoms with Crippen molar-refractivity contribution in [2.24, 2.45) is 0 Å². The van der Waals surface area contributed by atoms with Gasteiger partial charge in [-0.1, -0.05) is 39.1 Å². The summed E-state index contributed by atoms with van der Waals surface area (Å²) in [5, 5.41) is 3.62. The molecule has 1 amide bonds. The fourth-order valence-corrected chi connectivity index (χ4v) is 2.87. The molecule has 98 valence electrons. The topological polar surface area (TPSA) is 29.1 Å². The van der Waals surface area contributed by atoms with Gasteiger partial charge in [0, 0.05) is 8.04 Å². The van der Waals surface area contributed by atoms with Crippen molar-refractivity contribution in [1.29, 1.82) is 0 Å². The van der Waals surface area contributed by atoms with Crippen LogP contribution in [0.5, 0.6) is 0 Å². The molecule has 0 spiro atoms. The Bertz CT molecular complexity index is 649. The Morgan fingerprint density at radius 3 is 2.53 bits per heavy atom. The Kier molecular flexibility index (Phi) is 5.11. The SMILES string of the molecule is O=C(Nc1cc(I)ccc1Cl)c1ccc(Br)cc1Cl. The molecule has 19 heavy (non-hydrogen) atoms. The van der Waals surface area contributed by atoms with Crippen LogP contribution in [-0.4, -0.2) is 5.91 Å². The number of anilines is 1. The number of nitrogens with one attached hydrogen (secondary N) is 1. The van der Waals surface area contributed by atoms with Crippen molar-refractivity contribution in [2.75, 3.05) is 5.32 Å². The third-order valence-electron chi connectivity index (χ3n) is 2.35. The Hall–Kier alpha value is -0.300. The van der Waals surface area contributed by atoms with Gasteiger partial charge in [0.1, 0.15) is 0 Å². The summed E-state index contributed by atoms with van der Waals surface area (Å²) < 4.78 is 1.81. The first-order valence-corrected chi connectivity index (χ1v) is 7.81. The van der Waals surface area contributed by atoms with E-state index in [1.165, 1.54) is 0 Å². The maximum absolute atomic E-state index is 12.1. The van der Waals surface area contributed by atoms with Crippen LogP contribution in [0.25, 0.3) is 0 Å². The molecule has 2 aromatic carbocycles. The standard InChI is InChI=1S/C13H7BrCl2INO/c14-7-1-3-9(11(16)5-7)13(19)18-12-6-8(17)2-4-10(12)15/h1-6H,(H,18,19). The summed E-state index contributed by atoms with van der Waals surface area (Å²) in [5.74, 6) is -0.290. The maximum Gasteiger partial charge on any atom is 0.257 e. The second-order valence-corrected chi connectivity index (χ2v) is 6.68. The van der Waals surface area contributed by atoms with Crippen LogP contribution >= 0.6 is 61.7 Å². The third-order valence-corrected chi connectivity index (χ3v) is 4.16. The predicted octanol–water partition coefficient (Wildman–Crippen LogP) is 5.61. The smallest absolute Gasteiger partial charge is 0.257 e. The minimum atomic E-state index is -0.290. The third kappa shape index (κ3) is 3.84. The van der Waals surface area contributed by atoms with Gasteiger partial charge in [0.15, 0.2) is 0 Å². The average molecular weight is 471 g/mol. The Morgan fingerprint density at radius 2 is 1.84 bits per heavy atom. The van der Waals surface area contributed by atoms with Crippen LogP contribution in [0.15, 0.2) is 40.9 Å². The zero-order chi connectivity index (χ0) is 14.0. The molecule has 2 nitrogen and oxygen atoms in total. The van der Waals surface area contributed by atoms with E-state index in [0.29, 0.717) is 21.3 Å². The molecule has 0 fully saturated rings. The van der Waals surface area contributed by atoms with Crippen molar-refractivity contribution in [1.82, 2.24) is 0 Å². The van der Waals surface area contributed by atoms with Gasteiger partial charge in [0.2, 0.25) is 0 Å². The van der Waals surface area contributed by atoms with Crippen LogP contribution in [-0.2, 0) is 0 Å². The Morgan fingerprint density at radius 1 is 1.11 bits per heavy atom. The number of carbonyl (C=O) groups is 1. The molecule has 0 saturated carbocycles. The normalized spacial score (nSPS) is 10.3. The molecule has 0 unspecified atom stereocenters. The van der Waals surface area contributed by atoms with Crippen LogP contribution in [0.4, 0.5) is 5.69 Å². The molecular formula is C13H7BrCl2INO. The second-order valence-electron chi connectivity index (χ2n) is 3.70. The zero-order valence-corrected chi connectivity index (χ0v) is 14.6. The lowest BCUT2D eigenvalue weighted by Crippen LogP contribution is -2.12. The average Bonchev–Trinajstić information content (AvgIpc) is 2.33. The number of hydrogen-bond acceptors (Lipinski definition) is 1. The number of rotatable bonds is 2. The van der Waals surface area contributed by atoms with Gasteiger partial charge in [0.25, 0.3) is 5.91 Å². The molecule has 0 bridgehead atoms. The van der Waals surface area contributed by atoms with Gasteiger partial charge in [-0.25, -0.2) is 0 Å². The van der Waals surface area contributed by atoms with E-state index in [9.17, 15) is 4.79 Å².